The van der Waals surface area contributed by atoms with Crippen LogP contribution in [0.4, 0.5) is 13.2 Å². The number of rotatable bonds is 9. The Bertz CT molecular complexity index is 1030. The van der Waals surface area contributed by atoms with E-state index < -0.39 is 33.3 Å². The summed E-state index contributed by atoms with van der Waals surface area (Å²) in [5, 5.41) is 2.47. The molecule has 1 aromatic carbocycles. The van der Waals surface area contributed by atoms with E-state index in [9.17, 15) is 31.3 Å². The maximum absolute atomic E-state index is 13.8. The quantitative estimate of drug-likeness (QED) is 0.386. The molecule has 1 aliphatic carbocycles. The van der Waals surface area contributed by atoms with Crippen molar-refractivity contribution in [3.05, 3.63) is 40.3 Å². The van der Waals surface area contributed by atoms with Crippen molar-refractivity contribution in [2.75, 3.05) is 26.2 Å². The summed E-state index contributed by atoms with van der Waals surface area (Å²) in [7, 11) is -4.03. The predicted octanol–water partition coefficient (Wildman–Crippen LogP) is 3.88. The van der Waals surface area contributed by atoms with Gasteiger partial charge in [0.15, 0.2) is 4.75 Å². The number of amides is 1. The van der Waals surface area contributed by atoms with Gasteiger partial charge in [-0.05, 0) is 68.4 Å². The van der Waals surface area contributed by atoms with Crippen LogP contribution in [0.2, 0.25) is 0 Å². The summed E-state index contributed by atoms with van der Waals surface area (Å²) >= 11 is 0. The molecule has 3 aliphatic rings. The van der Waals surface area contributed by atoms with E-state index >= 15 is 0 Å². The van der Waals surface area contributed by atoms with E-state index in [4.69, 9.17) is 0 Å². The Morgan fingerprint density at radius 3 is 2.17 bits per heavy atom. The van der Waals surface area contributed by atoms with E-state index in [0.717, 1.165) is 24.0 Å². The fourth-order valence-electron chi connectivity index (χ4n) is 5.56. The number of nitroso groups, excluding NO2 is 1. The molecule has 200 valence electrons. The van der Waals surface area contributed by atoms with Crippen LogP contribution < -0.4 is 5.43 Å². The Kier molecular flexibility index (Phi) is 8.06. The first-order valence-electron chi connectivity index (χ1n) is 12.6. The first kappa shape index (κ1) is 27.0. The highest BCUT2D eigenvalue weighted by Gasteiger charge is 2.56. The normalized spacial score (nSPS) is 22.3. The number of piperidine rings is 2. The van der Waals surface area contributed by atoms with Gasteiger partial charge in [0.25, 0.3) is 5.91 Å². The molecule has 0 atom stereocenters. The SMILES string of the molecule is O=NNC(=O)C1(S(=O)(=O)N2CCC(c3ccc(CCCC(F)(F)F)cc3)CC2)CCN(C2CC2)CC1. The van der Waals surface area contributed by atoms with Gasteiger partial charge in [0.05, 0.1) is 5.29 Å². The maximum Gasteiger partial charge on any atom is 0.389 e. The molecule has 1 saturated carbocycles. The van der Waals surface area contributed by atoms with Crippen molar-refractivity contribution < 1.29 is 26.4 Å². The zero-order chi connectivity index (χ0) is 26.0. The average Bonchev–Trinajstić information content (AvgIpc) is 3.69. The first-order chi connectivity index (χ1) is 17.1. The number of alkyl halides is 3. The summed E-state index contributed by atoms with van der Waals surface area (Å²) in [5.74, 6) is -0.727. The zero-order valence-electron chi connectivity index (χ0n) is 20.2. The molecule has 2 aliphatic heterocycles. The highest BCUT2D eigenvalue weighted by atomic mass is 32.2. The van der Waals surface area contributed by atoms with E-state index in [1.165, 1.54) is 4.31 Å². The van der Waals surface area contributed by atoms with E-state index in [2.05, 4.69) is 10.2 Å². The van der Waals surface area contributed by atoms with Crippen molar-refractivity contribution in [3.8, 4) is 0 Å². The Balaban J connectivity index is 1.38. The van der Waals surface area contributed by atoms with Gasteiger partial charge in [0, 0.05) is 38.6 Å². The van der Waals surface area contributed by atoms with E-state index in [-0.39, 0.29) is 38.3 Å². The molecule has 1 aromatic rings. The van der Waals surface area contributed by atoms with E-state index in [1.807, 2.05) is 29.7 Å². The van der Waals surface area contributed by atoms with E-state index in [1.54, 1.807) is 0 Å². The van der Waals surface area contributed by atoms with Crippen molar-refractivity contribution in [1.82, 2.24) is 14.6 Å². The smallest absolute Gasteiger partial charge is 0.300 e. The second-order valence-corrected chi connectivity index (χ2v) is 12.4. The number of aryl methyl sites for hydroxylation is 1. The molecule has 0 radical (unpaired) electrons. The van der Waals surface area contributed by atoms with Gasteiger partial charge in [-0.25, -0.2) is 18.1 Å². The lowest BCUT2D eigenvalue weighted by Crippen LogP contribution is -2.62. The monoisotopic (exact) mass is 530 g/mol. The molecular formula is C24H33F3N4O4S. The maximum atomic E-state index is 13.8. The highest BCUT2D eigenvalue weighted by molar-refractivity contribution is 7.91. The van der Waals surface area contributed by atoms with Crippen molar-refractivity contribution >= 4 is 15.9 Å². The molecule has 1 N–H and O–H groups in total. The van der Waals surface area contributed by atoms with Crippen LogP contribution in [0, 0.1) is 4.91 Å². The van der Waals surface area contributed by atoms with Gasteiger partial charge < -0.3 is 4.90 Å². The minimum atomic E-state index is -4.15. The molecule has 8 nitrogen and oxygen atoms in total. The largest absolute Gasteiger partial charge is 0.389 e. The van der Waals surface area contributed by atoms with Gasteiger partial charge in [0.2, 0.25) is 10.0 Å². The van der Waals surface area contributed by atoms with Crippen molar-refractivity contribution in [2.45, 2.75) is 80.7 Å². The molecule has 2 saturated heterocycles. The molecule has 0 unspecified atom stereocenters. The Morgan fingerprint density at radius 1 is 1.03 bits per heavy atom. The van der Waals surface area contributed by atoms with Gasteiger partial charge >= 0.3 is 6.18 Å². The molecule has 0 aromatic heterocycles. The number of carbonyl (C=O) groups is 1. The Labute approximate surface area is 209 Å². The number of hydrogen-bond donors (Lipinski definition) is 1. The predicted molar refractivity (Wildman–Crippen MR) is 128 cm³/mol. The van der Waals surface area contributed by atoms with Crippen LogP contribution in [0.5, 0.6) is 0 Å². The summed E-state index contributed by atoms with van der Waals surface area (Å²) in [6.07, 6.45) is -0.969. The third-order valence-electron chi connectivity index (χ3n) is 7.89. The van der Waals surface area contributed by atoms with Crippen molar-refractivity contribution in [2.24, 2.45) is 5.29 Å². The number of sulfonamides is 1. The van der Waals surface area contributed by atoms with Crippen LogP contribution >= 0.6 is 0 Å². The van der Waals surface area contributed by atoms with Crippen LogP contribution in [0.3, 0.4) is 0 Å². The number of carbonyl (C=O) groups excluding carboxylic acids is 1. The molecule has 2 heterocycles. The molecular weight excluding hydrogens is 497 g/mol. The molecule has 0 bridgehead atoms. The van der Waals surface area contributed by atoms with Crippen molar-refractivity contribution in [1.29, 1.82) is 0 Å². The van der Waals surface area contributed by atoms with Crippen molar-refractivity contribution in [3.63, 3.8) is 0 Å². The Hall–Kier alpha value is -2.05. The number of nitrogens with zero attached hydrogens (tertiary/aromatic N) is 3. The first-order valence-corrected chi connectivity index (χ1v) is 14.0. The molecule has 12 heteroatoms. The fraction of sp³-hybridized carbons (Fsp3) is 0.708. The lowest BCUT2D eigenvalue weighted by Gasteiger charge is -2.43. The van der Waals surface area contributed by atoms with Gasteiger partial charge in [-0.15, -0.1) is 4.91 Å². The summed E-state index contributed by atoms with van der Waals surface area (Å²) in [5.41, 5.74) is 3.74. The fourth-order valence-corrected chi connectivity index (χ4v) is 7.73. The summed E-state index contributed by atoms with van der Waals surface area (Å²) in [6, 6.07) is 7.97. The van der Waals surface area contributed by atoms with Crippen LogP contribution in [0.15, 0.2) is 29.6 Å². The van der Waals surface area contributed by atoms with Gasteiger partial charge in [-0.3, -0.25) is 4.79 Å². The second-order valence-electron chi connectivity index (χ2n) is 10.2. The Morgan fingerprint density at radius 2 is 1.64 bits per heavy atom. The average molecular weight is 531 g/mol. The number of likely N-dealkylation sites (tertiary alicyclic amines) is 1. The molecule has 3 fully saturated rings. The van der Waals surface area contributed by atoms with Crippen LogP contribution in [0.25, 0.3) is 0 Å². The third kappa shape index (κ3) is 5.91. The van der Waals surface area contributed by atoms with Crippen LogP contribution in [0.1, 0.15) is 68.4 Å². The van der Waals surface area contributed by atoms with E-state index in [0.29, 0.717) is 38.4 Å². The number of halogens is 3. The van der Waals surface area contributed by atoms with Gasteiger partial charge in [-0.2, -0.15) is 13.2 Å². The molecule has 36 heavy (non-hydrogen) atoms. The van der Waals surface area contributed by atoms with Gasteiger partial charge in [0.1, 0.15) is 0 Å². The minimum absolute atomic E-state index is 0.0481. The standard InChI is InChI=1S/C24H33F3N4O4S/c25-24(26,27)11-1-2-18-3-5-19(6-4-18)20-9-14-31(15-10-20)36(34,35)23(22(32)28-29-33)12-16-30(17-13-23)21-7-8-21/h3-6,20-21H,1-2,7-17H2,(H,28,32,33). The number of nitrogens with one attached hydrogen (secondary N) is 1. The highest BCUT2D eigenvalue weighted by Crippen LogP contribution is 2.40. The summed E-state index contributed by atoms with van der Waals surface area (Å²) < 4.78 is 64.3. The number of hydrogen-bond acceptors (Lipinski definition) is 6. The lowest BCUT2D eigenvalue weighted by atomic mass is 9.89. The minimum Gasteiger partial charge on any atom is -0.300 e. The second kappa shape index (κ2) is 10.7. The van der Waals surface area contributed by atoms with Crippen LogP contribution in [-0.2, 0) is 21.2 Å². The van der Waals surface area contributed by atoms with Crippen LogP contribution in [-0.4, -0.2) is 66.7 Å². The summed E-state index contributed by atoms with van der Waals surface area (Å²) in [4.78, 5) is 25.8. The third-order valence-corrected chi connectivity index (χ3v) is 10.5. The van der Waals surface area contributed by atoms with Gasteiger partial charge in [-0.1, -0.05) is 24.3 Å². The zero-order valence-corrected chi connectivity index (χ0v) is 21.0. The lowest BCUT2D eigenvalue weighted by molar-refractivity contribution is -0.135. The summed E-state index contributed by atoms with van der Waals surface area (Å²) in [6.45, 7) is 1.50. The molecule has 1 amide bonds. The molecule has 4 rings (SSSR count). The number of benzene rings is 1. The topological polar surface area (TPSA) is 99.1 Å². The molecule has 0 spiro atoms.